The van der Waals surface area contributed by atoms with Crippen molar-refractivity contribution < 1.29 is 4.79 Å². The molecule has 98 valence electrons. The third-order valence-corrected chi connectivity index (χ3v) is 3.55. The maximum atomic E-state index is 11.5. The molecule has 1 aromatic carbocycles. The SMILES string of the molecule is C[C@@H](NC1CCCNC(=O)C1)c1cccc(Cl)c1. The van der Waals surface area contributed by atoms with Crippen molar-refractivity contribution >= 4 is 17.5 Å². The van der Waals surface area contributed by atoms with E-state index < -0.39 is 0 Å². The highest BCUT2D eigenvalue weighted by Crippen LogP contribution is 2.19. The Bertz CT molecular complexity index is 422. The molecule has 1 aromatic rings. The topological polar surface area (TPSA) is 41.1 Å². The molecule has 1 aliphatic rings. The Morgan fingerprint density at radius 3 is 3.11 bits per heavy atom. The Labute approximate surface area is 113 Å². The summed E-state index contributed by atoms with van der Waals surface area (Å²) >= 11 is 5.99. The second-order valence-corrected chi connectivity index (χ2v) is 5.27. The Balaban J connectivity index is 1.97. The molecule has 0 saturated carbocycles. The monoisotopic (exact) mass is 266 g/mol. The fourth-order valence-corrected chi connectivity index (χ4v) is 2.54. The van der Waals surface area contributed by atoms with Gasteiger partial charge in [-0.05, 0) is 37.5 Å². The summed E-state index contributed by atoms with van der Waals surface area (Å²) in [5, 5.41) is 7.16. The molecule has 3 nitrogen and oxygen atoms in total. The molecule has 2 rings (SSSR count). The van der Waals surface area contributed by atoms with Gasteiger partial charge < -0.3 is 10.6 Å². The summed E-state index contributed by atoms with van der Waals surface area (Å²) in [6.45, 7) is 2.90. The average molecular weight is 267 g/mol. The van der Waals surface area contributed by atoms with Crippen LogP contribution in [0.4, 0.5) is 0 Å². The lowest BCUT2D eigenvalue weighted by molar-refractivity contribution is -0.121. The smallest absolute Gasteiger partial charge is 0.221 e. The van der Waals surface area contributed by atoms with Gasteiger partial charge in [-0.15, -0.1) is 0 Å². The van der Waals surface area contributed by atoms with E-state index in [-0.39, 0.29) is 18.0 Å². The van der Waals surface area contributed by atoms with E-state index in [1.165, 1.54) is 0 Å². The predicted octanol–water partition coefficient (Wildman–Crippen LogP) is 2.66. The maximum Gasteiger partial charge on any atom is 0.221 e. The van der Waals surface area contributed by atoms with Crippen LogP contribution in [0.5, 0.6) is 0 Å². The van der Waals surface area contributed by atoms with Gasteiger partial charge in [-0.1, -0.05) is 23.7 Å². The summed E-state index contributed by atoms with van der Waals surface area (Å²) in [4.78, 5) is 11.5. The minimum Gasteiger partial charge on any atom is -0.356 e. The number of carbonyl (C=O) groups excluding carboxylic acids is 1. The number of hydrogen-bond acceptors (Lipinski definition) is 2. The van der Waals surface area contributed by atoms with Crippen LogP contribution in [0.3, 0.4) is 0 Å². The lowest BCUT2D eigenvalue weighted by Gasteiger charge is -2.21. The molecule has 0 aromatic heterocycles. The molecule has 1 heterocycles. The highest BCUT2D eigenvalue weighted by molar-refractivity contribution is 6.30. The van der Waals surface area contributed by atoms with Gasteiger partial charge in [0.25, 0.3) is 0 Å². The van der Waals surface area contributed by atoms with E-state index in [9.17, 15) is 4.79 Å². The molecule has 1 amide bonds. The number of halogens is 1. The van der Waals surface area contributed by atoms with Gasteiger partial charge in [-0.2, -0.15) is 0 Å². The molecule has 1 fully saturated rings. The highest BCUT2D eigenvalue weighted by Gasteiger charge is 2.19. The van der Waals surface area contributed by atoms with Crippen molar-refractivity contribution in [2.75, 3.05) is 6.54 Å². The van der Waals surface area contributed by atoms with E-state index in [1.54, 1.807) is 0 Å². The molecule has 0 bridgehead atoms. The van der Waals surface area contributed by atoms with E-state index in [4.69, 9.17) is 11.6 Å². The van der Waals surface area contributed by atoms with Crippen LogP contribution in [0.25, 0.3) is 0 Å². The van der Waals surface area contributed by atoms with Crippen LogP contribution >= 0.6 is 11.6 Å². The van der Waals surface area contributed by atoms with Crippen molar-refractivity contribution in [3.8, 4) is 0 Å². The van der Waals surface area contributed by atoms with Crippen LogP contribution in [0.15, 0.2) is 24.3 Å². The molecule has 0 aliphatic carbocycles. The molecule has 2 N–H and O–H groups in total. The number of hydrogen-bond donors (Lipinski definition) is 2. The molecule has 2 atom stereocenters. The van der Waals surface area contributed by atoms with E-state index in [0.29, 0.717) is 6.42 Å². The first kappa shape index (κ1) is 13.4. The lowest BCUT2D eigenvalue weighted by Crippen LogP contribution is -2.34. The van der Waals surface area contributed by atoms with Gasteiger partial charge in [0.1, 0.15) is 0 Å². The third kappa shape index (κ3) is 3.72. The zero-order valence-electron chi connectivity index (χ0n) is 10.6. The standard InChI is InChI=1S/C14H19ClN2O/c1-10(11-4-2-5-12(15)8-11)17-13-6-3-7-16-14(18)9-13/h2,4-5,8,10,13,17H,3,6-7,9H2,1H3,(H,16,18)/t10-,13?/m1/s1. The zero-order valence-corrected chi connectivity index (χ0v) is 11.3. The molecule has 4 heteroatoms. The van der Waals surface area contributed by atoms with Gasteiger partial charge in [0.05, 0.1) is 0 Å². The Morgan fingerprint density at radius 2 is 2.33 bits per heavy atom. The van der Waals surface area contributed by atoms with Gasteiger partial charge >= 0.3 is 0 Å². The van der Waals surface area contributed by atoms with Gasteiger partial charge in [0.2, 0.25) is 5.91 Å². The molecule has 18 heavy (non-hydrogen) atoms. The normalized spacial score (nSPS) is 22.1. The Hall–Kier alpha value is -1.06. The summed E-state index contributed by atoms with van der Waals surface area (Å²) in [6, 6.07) is 8.31. The minimum absolute atomic E-state index is 0.142. The molecule has 1 aliphatic heterocycles. The van der Waals surface area contributed by atoms with E-state index in [1.807, 2.05) is 18.2 Å². The van der Waals surface area contributed by atoms with Crippen molar-refractivity contribution in [1.29, 1.82) is 0 Å². The van der Waals surface area contributed by atoms with Crippen LogP contribution in [0, 0.1) is 0 Å². The Morgan fingerprint density at radius 1 is 1.50 bits per heavy atom. The van der Waals surface area contributed by atoms with E-state index in [0.717, 1.165) is 30.0 Å². The van der Waals surface area contributed by atoms with Crippen molar-refractivity contribution in [2.45, 2.75) is 38.3 Å². The van der Waals surface area contributed by atoms with Crippen molar-refractivity contribution in [2.24, 2.45) is 0 Å². The molecular weight excluding hydrogens is 248 g/mol. The Kier molecular flexibility index (Phi) is 4.61. The van der Waals surface area contributed by atoms with Crippen molar-refractivity contribution in [3.63, 3.8) is 0 Å². The largest absolute Gasteiger partial charge is 0.356 e. The fraction of sp³-hybridized carbons (Fsp3) is 0.500. The fourth-order valence-electron chi connectivity index (χ4n) is 2.34. The number of carbonyl (C=O) groups is 1. The average Bonchev–Trinajstić information content (AvgIpc) is 2.53. The maximum absolute atomic E-state index is 11.5. The molecule has 1 unspecified atom stereocenters. The van der Waals surface area contributed by atoms with E-state index in [2.05, 4.69) is 23.6 Å². The number of nitrogens with one attached hydrogen (secondary N) is 2. The van der Waals surface area contributed by atoms with Gasteiger partial charge in [-0.25, -0.2) is 0 Å². The number of amides is 1. The summed E-state index contributed by atoms with van der Waals surface area (Å²) < 4.78 is 0. The first-order valence-electron chi connectivity index (χ1n) is 6.43. The highest BCUT2D eigenvalue weighted by atomic mass is 35.5. The van der Waals surface area contributed by atoms with Crippen molar-refractivity contribution in [3.05, 3.63) is 34.9 Å². The van der Waals surface area contributed by atoms with Gasteiger partial charge in [-0.3, -0.25) is 4.79 Å². The second kappa shape index (κ2) is 6.21. The van der Waals surface area contributed by atoms with Crippen LogP contribution in [-0.4, -0.2) is 18.5 Å². The van der Waals surface area contributed by atoms with E-state index >= 15 is 0 Å². The lowest BCUT2D eigenvalue weighted by atomic mass is 10.0. The van der Waals surface area contributed by atoms with Crippen LogP contribution in [-0.2, 0) is 4.79 Å². The summed E-state index contributed by atoms with van der Waals surface area (Å²) in [5.41, 5.74) is 1.16. The molecule has 0 radical (unpaired) electrons. The summed E-state index contributed by atoms with van der Waals surface area (Å²) in [6.07, 6.45) is 2.63. The van der Waals surface area contributed by atoms with Crippen LogP contribution in [0.2, 0.25) is 5.02 Å². The van der Waals surface area contributed by atoms with Crippen LogP contribution < -0.4 is 10.6 Å². The zero-order chi connectivity index (χ0) is 13.0. The quantitative estimate of drug-likeness (QED) is 0.883. The van der Waals surface area contributed by atoms with Gasteiger partial charge in [0.15, 0.2) is 0 Å². The molecule has 0 spiro atoms. The summed E-state index contributed by atoms with van der Waals surface area (Å²) in [5.74, 6) is 0.142. The van der Waals surface area contributed by atoms with Crippen LogP contribution in [0.1, 0.15) is 37.8 Å². The molecule has 1 saturated heterocycles. The first-order valence-corrected chi connectivity index (χ1v) is 6.81. The number of rotatable bonds is 3. The third-order valence-electron chi connectivity index (χ3n) is 3.32. The first-order chi connectivity index (χ1) is 8.65. The predicted molar refractivity (Wildman–Crippen MR) is 73.7 cm³/mol. The van der Waals surface area contributed by atoms with Crippen molar-refractivity contribution in [1.82, 2.24) is 10.6 Å². The summed E-state index contributed by atoms with van der Waals surface area (Å²) in [7, 11) is 0. The molecular formula is C14H19ClN2O. The minimum atomic E-state index is 0.142. The number of benzene rings is 1. The van der Waals surface area contributed by atoms with Gasteiger partial charge in [0, 0.05) is 30.1 Å². The second-order valence-electron chi connectivity index (χ2n) is 4.84.